The number of likely N-dealkylation sites (tertiary alicyclic amines) is 3. The first-order valence-electron chi connectivity index (χ1n) is 40.6. The summed E-state index contributed by atoms with van der Waals surface area (Å²) in [6.45, 7) is 40.9. The second kappa shape index (κ2) is 42.3. The summed E-state index contributed by atoms with van der Waals surface area (Å²) >= 11 is 4.93. The number of hydrogen-bond donors (Lipinski definition) is 0. The molecule has 0 unspecified atom stereocenters. The molecule has 0 spiro atoms. The summed E-state index contributed by atoms with van der Waals surface area (Å²) in [6, 6.07) is 35.8. The van der Waals surface area contributed by atoms with Crippen LogP contribution in [0.25, 0.3) is 0 Å². The minimum atomic E-state index is -0.893. The Morgan fingerprint density at radius 1 is 0.374 bits per heavy atom. The second-order valence-electron chi connectivity index (χ2n) is 34.0. The lowest BCUT2D eigenvalue weighted by molar-refractivity contribution is -0.130. The summed E-state index contributed by atoms with van der Waals surface area (Å²) < 4.78 is 29.4. The molecule has 0 radical (unpaired) electrons. The second-order valence-corrected chi connectivity index (χ2v) is 36.6. The van der Waals surface area contributed by atoms with Gasteiger partial charge in [0.2, 0.25) is 5.91 Å². The molecule has 3 amide bonds. The van der Waals surface area contributed by atoms with Crippen LogP contribution in [-0.2, 0) is 47.9 Å². The highest BCUT2D eigenvalue weighted by molar-refractivity contribution is 7.99. The number of thioether (sulfide) groups is 3. The van der Waals surface area contributed by atoms with Gasteiger partial charge in [0.15, 0.2) is 51.5 Å². The molecule has 115 heavy (non-hydrogen) atoms. The maximum absolute atomic E-state index is 13.7. The number of aryl methyl sites for hydroxylation is 9. The molecule has 3 heterocycles. The first kappa shape index (κ1) is 94.0. The first-order chi connectivity index (χ1) is 54.1. The SMILES string of the molecule is CSc1ccc(C(=O)[C@@H]2CN(C(=O)OCCC(C)C)C[C@H]2CCc2cc(C)c(OC(C)(C)C(C)=O)c(C)c2)cc1.CSc1ccc(C(=O)[C@@H]2CN(C(C)=O)C[C@H]2CCc2cc(C)c(OC(C)(C)C(C)=O)c(C)c2)cc1.CSc1ccc(C(=O)[C@H]2CN(C(=O)OCCC(C)C)C[C@@H]2CCc2cc(C)c(OC(C)(C)C(C)=O)c(C)c2)cc1. The molecule has 3 saturated heterocycles. The summed E-state index contributed by atoms with van der Waals surface area (Å²) in [5.74, 6) is 2.78. The van der Waals surface area contributed by atoms with E-state index >= 15 is 0 Å². The Kier molecular flexibility index (Phi) is 34.5. The third kappa shape index (κ3) is 26.4. The van der Waals surface area contributed by atoms with E-state index in [1.54, 1.807) is 119 Å². The molecule has 0 aromatic heterocycles. The van der Waals surface area contributed by atoms with Crippen molar-refractivity contribution >= 4 is 88.1 Å². The number of benzene rings is 6. The molecule has 20 heteroatoms. The van der Waals surface area contributed by atoms with Crippen LogP contribution in [0.4, 0.5) is 9.59 Å². The Labute approximate surface area is 698 Å². The monoisotopic (exact) mass is 1630 g/mol. The van der Waals surface area contributed by atoms with Gasteiger partial charge in [-0.25, -0.2) is 9.59 Å². The molecule has 3 aliphatic heterocycles. The van der Waals surface area contributed by atoms with Crippen molar-refractivity contribution in [1.29, 1.82) is 0 Å². The Morgan fingerprint density at radius 2 is 0.609 bits per heavy atom. The van der Waals surface area contributed by atoms with Crippen molar-refractivity contribution in [2.75, 3.05) is 71.2 Å². The number of ketones is 6. The highest BCUT2D eigenvalue weighted by atomic mass is 32.2. The van der Waals surface area contributed by atoms with Gasteiger partial charge in [0.05, 0.1) is 13.2 Å². The Hall–Kier alpha value is -8.20. The molecule has 17 nitrogen and oxygen atoms in total. The number of ether oxygens (including phenoxy) is 5. The van der Waals surface area contributed by atoms with Crippen LogP contribution >= 0.6 is 35.3 Å². The third-order valence-corrected chi connectivity index (χ3v) is 25.1. The largest absolute Gasteiger partial charge is 0.480 e. The average molecular weight is 1630 g/mol. The highest BCUT2D eigenvalue weighted by Gasteiger charge is 2.43. The van der Waals surface area contributed by atoms with Gasteiger partial charge in [-0.15, -0.1) is 35.3 Å². The van der Waals surface area contributed by atoms with Gasteiger partial charge in [-0.05, 0) is 290 Å². The zero-order chi connectivity index (χ0) is 85.1. The summed E-state index contributed by atoms with van der Waals surface area (Å²) in [5.41, 5.74) is 8.79. The molecule has 624 valence electrons. The normalized spacial score (nSPS) is 17.5. The minimum Gasteiger partial charge on any atom is -0.480 e. The van der Waals surface area contributed by atoms with Crippen molar-refractivity contribution in [3.63, 3.8) is 0 Å². The summed E-state index contributed by atoms with van der Waals surface area (Å²) in [4.78, 5) is 123. The van der Waals surface area contributed by atoms with Crippen molar-refractivity contribution < 1.29 is 66.8 Å². The molecule has 0 bridgehead atoms. The molecule has 6 atom stereocenters. The molecule has 0 aliphatic carbocycles. The lowest BCUT2D eigenvalue weighted by Gasteiger charge is -2.26. The van der Waals surface area contributed by atoms with Crippen LogP contribution in [0, 0.1) is 88.9 Å². The van der Waals surface area contributed by atoms with Gasteiger partial charge in [0.25, 0.3) is 0 Å². The molecular formula is C95H127N3O14S3. The third-order valence-electron chi connectivity index (χ3n) is 22.8. The van der Waals surface area contributed by atoms with E-state index in [9.17, 15) is 43.2 Å². The van der Waals surface area contributed by atoms with Gasteiger partial charge in [-0.1, -0.05) is 100 Å². The Bertz CT molecular complexity index is 4140. The van der Waals surface area contributed by atoms with Gasteiger partial charge in [-0.2, -0.15) is 0 Å². The topological polar surface area (TPSA) is 209 Å². The maximum atomic E-state index is 13.7. The van der Waals surface area contributed by atoms with Crippen LogP contribution in [0.3, 0.4) is 0 Å². The van der Waals surface area contributed by atoms with Crippen molar-refractivity contribution in [2.24, 2.45) is 47.3 Å². The number of carbonyl (C=O) groups excluding carboxylic acids is 9. The molecule has 9 rings (SSSR count). The van der Waals surface area contributed by atoms with E-state index < -0.39 is 16.8 Å². The number of amides is 3. The van der Waals surface area contributed by atoms with Gasteiger partial charge in [-0.3, -0.25) is 33.6 Å². The van der Waals surface area contributed by atoms with Gasteiger partial charge < -0.3 is 38.4 Å². The molecule has 6 aromatic carbocycles. The van der Waals surface area contributed by atoms with E-state index in [1.807, 2.05) is 133 Å². The summed E-state index contributed by atoms with van der Waals surface area (Å²) in [7, 11) is 0. The Balaban J connectivity index is 0.000000239. The summed E-state index contributed by atoms with van der Waals surface area (Å²) in [6.07, 6.45) is 11.7. The van der Waals surface area contributed by atoms with Crippen LogP contribution < -0.4 is 14.2 Å². The number of nitrogens with zero attached hydrogens (tertiary/aromatic N) is 3. The fourth-order valence-corrected chi connectivity index (χ4v) is 16.1. The molecule has 0 saturated carbocycles. The van der Waals surface area contributed by atoms with Gasteiger partial charge in [0.1, 0.15) is 17.2 Å². The number of carbonyl (C=O) groups is 9. The number of Topliss-reactive ketones (excluding diaryl/α,β-unsaturated/α-hetero) is 6. The van der Waals surface area contributed by atoms with Gasteiger partial charge in [0, 0.05) is 95.3 Å². The smallest absolute Gasteiger partial charge is 0.409 e. The predicted octanol–water partition coefficient (Wildman–Crippen LogP) is 20.3. The van der Waals surface area contributed by atoms with E-state index in [4.69, 9.17) is 23.7 Å². The maximum Gasteiger partial charge on any atom is 0.409 e. The van der Waals surface area contributed by atoms with E-state index in [0.29, 0.717) is 81.0 Å². The molecule has 0 N–H and O–H groups in total. The molecular weight excluding hydrogens is 1500 g/mol. The van der Waals surface area contributed by atoms with Crippen molar-refractivity contribution in [2.45, 2.75) is 221 Å². The van der Waals surface area contributed by atoms with E-state index in [-0.39, 0.29) is 88.3 Å². The predicted molar refractivity (Wildman–Crippen MR) is 464 cm³/mol. The first-order valence-corrected chi connectivity index (χ1v) is 44.3. The quantitative estimate of drug-likeness (QED) is 0.0277. The van der Waals surface area contributed by atoms with Crippen molar-refractivity contribution in [1.82, 2.24) is 14.7 Å². The lowest BCUT2D eigenvalue weighted by atomic mass is 9.84. The van der Waals surface area contributed by atoms with Crippen LogP contribution in [0.15, 0.2) is 124 Å². The Morgan fingerprint density at radius 3 is 0.826 bits per heavy atom. The summed E-state index contributed by atoms with van der Waals surface area (Å²) in [5, 5.41) is 0. The standard InChI is InChI=1S/2C33H45NO5S.C29H37NO4S/c2*1-21(2)15-16-38-32(37)34-19-27(29(20-34)30(36)26-11-13-28(40-8)14-12-26)10-9-25-17-22(3)31(23(4)18-25)39-33(6,7)24(5)35;1-18-14-22(15-19(2)28(18)34-29(5,6)20(3)31)8-9-24-16-30(21(4)32)17-26(24)27(33)23-10-12-25(35-7)13-11-23/h2*11-14,17-18,21,27,29H,9-10,15-16,19-20H2,1-8H3;10-15,24,26H,8-9,16-17H2,1-7H3/t2*27-,29-;24-,26-/m101/s1. The van der Waals surface area contributed by atoms with E-state index in [1.165, 1.54) is 5.56 Å². The molecule has 3 fully saturated rings. The van der Waals surface area contributed by atoms with Gasteiger partial charge >= 0.3 is 12.2 Å². The molecule has 6 aromatic rings. The van der Waals surface area contributed by atoms with Crippen molar-refractivity contribution in [3.05, 3.63) is 176 Å². The van der Waals surface area contributed by atoms with E-state index in [2.05, 4.69) is 64.1 Å². The lowest BCUT2D eigenvalue weighted by Crippen LogP contribution is -2.36. The van der Waals surface area contributed by atoms with E-state index in [0.717, 1.165) is 128 Å². The number of rotatable bonds is 33. The minimum absolute atomic E-state index is 0.0179. The number of hydrogen-bond acceptors (Lipinski definition) is 17. The average Bonchev–Trinajstić information content (AvgIpc) is 1.79. The fraction of sp³-hybridized carbons (Fsp3) is 0.526. The molecule has 3 aliphatic rings. The zero-order valence-electron chi connectivity index (χ0n) is 72.6. The van der Waals surface area contributed by atoms with Crippen LogP contribution in [0.2, 0.25) is 0 Å². The fourth-order valence-electron chi connectivity index (χ4n) is 14.9. The van der Waals surface area contributed by atoms with Crippen molar-refractivity contribution in [3.8, 4) is 17.2 Å². The van der Waals surface area contributed by atoms with Crippen LogP contribution in [0.1, 0.15) is 210 Å². The van der Waals surface area contributed by atoms with Crippen LogP contribution in [0.5, 0.6) is 17.2 Å². The van der Waals surface area contributed by atoms with Crippen LogP contribution in [-0.4, -0.2) is 156 Å². The highest BCUT2D eigenvalue weighted by Crippen LogP contribution is 2.39. The zero-order valence-corrected chi connectivity index (χ0v) is 75.1.